The lowest BCUT2D eigenvalue weighted by Crippen LogP contribution is -2.06. The van der Waals surface area contributed by atoms with E-state index in [1.165, 1.54) is 64.2 Å². The monoisotopic (exact) mass is 580 g/mol. The highest BCUT2D eigenvalue weighted by Crippen LogP contribution is 2.19. The summed E-state index contributed by atoms with van der Waals surface area (Å²) < 4.78 is 11.4. The summed E-state index contributed by atoms with van der Waals surface area (Å²) in [5, 5.41) is 17.1. The van der Waals surface area contributed by atoms with Crippen LogP contribution in [0.4, 0.5) is 0 Å². The summed E-state index contributed by atoms with van der Waals surface area (Å²) >= 11 is 0. The minimum Gasteiger partial charge on any atom is -0.494 e. The predicted molar refractivity (Wildman–Crippen MR) is 173 cm³/mol. The molecular formula is C36H52O6. The standard InChI is InChI=1S/2C18H26O3/c1-3-5-6-15(4-2)13-14-21-17-10-7-16(8-11-17)9-12-18(19)20;1-2-3-4-5-6-7-8-15-21-17-12-9-16(10-13-17)11-14-18(19)20/h7-12,15H,3-6,13-14H2,1-2H3,(H,19,20);9-14H,2-8,15H2,1H3,(H,19,20). The van der Waals surface area contributed by atoms with Crippen molar-refractivity contribution in [3.8, 4) is 11.5 Å². The van der Waals surface area contributed by atoms with Crippen LogP contribution in [0.5, 0.6) is 11.5 Å². The summed E-state index contributed by atoms with van der Waals surface area (Å²) in [6.45, 7) is 8.19. The molecule has 0 spiro atoms. The summed E-state index contributed by atoms with van der Waals surface area (Å²) in [6, 6.07) is 15.0. The van der Waals surface area contributed by atoms with Crippen molar-refractivity contribution < 1.29 is 29.3 Å². The number of benzene rings is 2. The molecule has 0 saturated carbocycles. The highest BCUT2D eigenvalue weighted by Gasteiger charge is 2.06. The first-order valence-electron chi connectivity index (χ1n) is 15.7. The quantitative estimate of drug-likeness (QED) is 0.113. The predicted octanol–water partition coefficient (Wildman–Crippen LogP) is 9.68. The Bertz CT molecular complexity index is 1020. The number of carboxylic acid groups (broad SMARTS) is 2. The molecule has 2 aromatic rings. The Labute approximate surface area is 253 Å². The topological polar surface area (TPSA) is 93.1 Å². The van der Waals surface area contributed by atoms with Crippen LogP contribution in [0.2, 0.25) is 0 Å². The van der Waals surface area contributed by atoms with Crippen LogP contribution < -0.4 is 9.47 Å². The van der Waals surface area contributed by atoms with Crippen LogP contribution in [0.1, 0.15) is 109 Å². The fraction of sp³-hybridized carbons (Fsp3) is 0.500. The highest BCUT2D eigenvalue weighted by atomic mass is 16.5. The molecule has 0 aliphatic rings. The molecule has 2 rings (SSSR count). The molecule has 6 nitrogen and oxygen atoms in total. The van der Waals surface area contributed by atoms with Crippen molar-refractivity contribution >= 4 is 24.1 Å². The molecule has 0 radical (unpaired) electrons. The van der Waals surface area contributed by atoms with E-state index < -0.39 is 11.9 Å². The lowest BCUT2D eigenvalue weighted by molar-refractivity contribution is -0.132. The molecule has 1 atom stereocenters. The molecule has 0 bridgehead atoms. The van der Waals surface area contributed by atoms with Gasteiger partial charge in [-0.15, -0.1) is 0 Å². The second kappa shape index (κ2) is 24.1. The van der Waals surface area contributed by atoms with E-state index in [9.17, 15) is 9.59 Å². The fourth-order valence-electron chi connectivity index (χ4n) is 4.32. The maximum absolute atomic E-state index is 10.4. The zero-order chi connectivity index (χ0) is 30.8. The van der Waals surface area contributed by atoms with Crippen LogP contribution in [0.15, 0.2) is 60.7 Å². The molecular weight excluding hydrogens is 528 g/mol. The van der Waals surface area contributed by atoms with E-state index in [4.69, 9.17) is 19.7 Å². The Hall–Kier alpha value is -3.54. The molecule has 0 aliphatic carbocycles. The maximum atomic E-state index is 10.4. The molecule has 0 saturated heterocycles. The Kier molecular flexibility index (Phi) is 20.9. The zero-order valence-corrected chi connectivity index (χ0v) is 25.9. The molecule has 0 fully saturated rings. The summed E-state index contributed by atoms with van der Waals surface area (Å²) in [4.78, 5) is 20.9. The van der Waals surface area contributed by atoms with Gasteiger partial charge in [-0.2, -0.15) is 0 Å². The smallest absolute Gasteiger partial charge is 0.328 e. The SMILES string of the molecule is CCCCC(CC)CCOc1ccc(C=CC(=O)O)cc1.CCCCCCCCCOc1ccc(C=CC(=O)O)cc1. The van der Waals surface area contributed by atoms with Gasteiger partial charge in [0.15, 0.2) is 0 Å². The molecule has 0 aliphatic heterocycles. The number of hydrogen-bond acceptors (Lipinski definition) is 4. The molecule has 232 valence electrons. The molecule has 1 unspecified atom stereocenters. The third kappa shape index (κ3) is 19.5. The number of carbonyl (C=O) groups is 2. The first-order chi connectivity index (χ1) is 20.4. The zero-order valence-electron chi connectivity index (χ0n) is 25.9. The largest absolute Gasteiger partial charge is 0.494 e. The summed E-state index contributed by atoms with van der Waals surface area (Å²) in [6.07, 6.45) is 20.5. The Balaban J connectivity index is 0.000000420. The van der Waals surface area contributed by atoms with Crippen LogP contribution in [0, 0.1) is 5.92 Å². The van der Waals surface area contributed by atoms with Gasteiger partial charge >= 0.3 is 11.9 Å². The van der Waals surface area contributed by atoms with Crippen LogP contribution in [-0.4, -0.2) is 35.4 Å². The van der Waals surface area contributed by atoms with Crippen LogP contribution >= 0.6 is 0 Å². The third-order valence-corrected chi connectivity index (χ3v) is 6.95. The van der Waals surface area contributed by atoms with Crippen molar-refractivity contribution in [2.24, 2.45) is 5.92 Å². The number of aliphatic carboxylic acids is 2. The summed E-state index contributed by atoms with van der Waals surface area (Å²) in [5.74, 6) is 0.561. The molecule has 0 amide bonds. The van der Waals surface area contributed by atoms with Crippen molar-refractivity contribution in [2.45, 2.75) is 97.8 Å². The summed E-state index contributed by atoms with van der Waals surface area (Å²) in [5.41, 5.74) is 1.72. The van der Waals surface area contributed by atoms with E-state index in [1.54, 1.807) is 12.2 Å². The number of hydrogen-bond donors (Lipinski definition) is 2. The van der Waals surface area contributed by atoms with Crippen LogP contribution in [0.3, 0.4) is 0 Å². The van der Waals surface area contributed by atoms with Crippen LogP contribution in [0.25, 0.3) is 12.2 Å². The van der Waals surface area contributed by atoms with Gasteiger partial charge in [-0.05, 0) is 66.3 Å². The van der Waals surface area contributed by atoms with Gasteiger partial charge in [0.25, 0.3) is 0 Å². The fourth-order valence-corrected chi connectivity index (χ4v) is 4.32. The van der Waals surface area contributed by atoms with Crippen molar-refractivity contribution in [3.05, 3.63) is 71.8 Å². The van der Waals surface area contributed by atoms with Crippen LogP contribution in [-0.2, 0) is 9.59 Å². The maximum Gasteiger partial charge on any atom is 0.328 e. The second-order valence-corrected chi connectivity index (χ2v) is 10.5. The molecule has 2 aromatic carbocycles. The second-order valence-electron chi connectivity index (χ2n) is 10.5. The summed E-state index contributed by atoms with van der Waals surface area (Å²) in [7, 11) is 0. The van der Waals surface area contributed by atoms with Crippen molar-refractivity contribution in [1.29, 1.82) is 0 Å². The van der Waals surface area contributed by atoms with E-state index in [0.717, 1.165) is 66.8 Å². The number of unbranched alkanes of at least 4 members (excludes halogenated alkanes) is 7. The van der Waals surface area contributed by atoms with Gasteiger partial charge in [0.1, 0.15) is 11.5 Å². The lowest BCUT2D eigenvalue weighted by Gasteiger charge is -2.14. The molecule has 42 heavy (non-hydrogen) atoms. The van der Waals surface area contributed by atoms with Gasteiger partial charge in [0.2, 0.25) is 0 Å². The first-order valence-corrected chi connectivity index (χ1v) is 15.7. The van der Waals surface area contributed by atoms with E-state index in [2.05, 4.69) is 20.8 Å². The van der Waals surface area contributed by atoms with Gasteiger partial charge < -0.3 is 19.7 Å². The minimum absolute atomic E-state index is 0.743. The van der Waals surface area contributed by atoms with Gasteiger partial charge in [0.05, 0.1) is 13.2 Å². The normalized spacial score (nSPS) is 11.7. The van der Waals surface area contributed by atoms with E-state index in [1.807, 2.05) is 48.5 Å². The molecule has 6 heteroatoms. The first kappa shape index (κ1) is 36.5. The van der Waals surface area contributed by atoms with Crippen molar-refractivity contribution in [3.63, 3.8) is 0 Å². The van der Waals surface area contributed by atoms with Gasteiger partial charge in [0, 0.05) is 12.2 Å². The molecule has 0 heterocycles. The lowest BCUT2D eigenvalue weighted by atomic mass is 9.96. The number of carboxylic acids is 2. The van der Waals surface area contributed by atoms with E-state index in [0.29, 0.717) is 0 Å². The molecule has 2 N–H and O–H groups in total. The van der Waals surface area contributed by atoms with E-state index >= 15 is 0 Å². The van der Waals surface area contributed by atoms with Gasteiger partial charge in [-0.25, -0.2) is 9.59 Å². The molecule has 0 aromatic heterocycles. The average molecular weight is 581 g/mol. The van der Waals surface area contributed by atoms with Crippen molar-refractivity contribution in [2.75, 3.05) is 13.2 Å². The van der Waals surface area contributed by atoms with Gasteiger partial charge in [-0.1, -0.05) is 109 Å². The van der Waals surface area contributed by atoms with E-state index in [-0.39, 0.29) is 0 Å². The third-order valence-electron chi connectivity index (χ3n) is 6.95. The van der Waals surface area contributed by atoms with Crippen molar-refractivity contribution in [1.82, 2.24) is 0 Å². The minimum atomic E-state index is -0.937. The number of ether oxygens (including phenoxy) is 2. The Morgan fingerprint density at radius 3 is 1.52 bits per heavy atom. The highest BCUT2D eigenvalue weighted by molar-refractivity contribution is 5.85. The number of rotatable bonds is 21. The Morgan fingerprint density at radius 2 is 1.07 bits per heavy atom. The van der Waals surface area contributed by atoms with Gasteiger partial charge in [-0.3, -0.25) is 0 Å². The average Bonchev–Trinajstić information content (AvgIpc) is 2.99. The Morgan fingerprint density at radius 1 is 0.619 bits per heavy atom.